The van der Waals surface area contributed by atoms with Gasteiger partial charge in [-0.25, -0.2) is 0 Å². The van der Waals surface area contributed by atoms with Crippen LogP contribution in [-0.4, -0.2) is 40.0 Å². The van der Waals surface area contributed by atoms with E-state index in [-0.39, 0.29) is 17.7 Å². The maximum Gasteiger partial charge on any atom is 0.276 e. The Morgan fingerprint density at radius 3 is 2.65 bits per heavy atom. The molecule has 1 aliphatic heterocycles. The molecule has 1 saturated heterocycles. The Morgan fingerprint density at radius 2 is 2.00 bits per heavy atom. The second-order valence-electron chi connectivity index (χ2n) is 4.71. The van der Waals surface area contributed by atoms with E-state index >= 15 is 0 Å². The first-order valence-electron chi connectivity index (χ1n) is 6.46. The van der Waals surface area contributed by atoms with Gasteiger partial charge in [-0.1, -0.05) is 12.1 Å². The van der Waals surface area contributed by atoms with Crippen molar-refractivity contribution >= 4 is 17.7 Å². The number of aliphatic hydroxyl groups is 1. The molecule has 1 N–H and O–H groups in total. The average molecular weight is 276 g/mol. The van der Waals surface area contributed by atoms with Crippen LogP contribution in [-0.2, 0) is 4.79 Å². The Labute approximate surface area is 116 Å². The number of nitro groups is 1. The third-order valence-corrected chi connectivity index (χ3v) is 3.32. The van der Waals surface area contributed by atoms with E-state index in [0.717, 1.165) is 0 Å². The Kier molecular flexibility index (Phi) is 4.47. The molecule has 1 aromatic carbocycles. The van der Waals surface area contributed by atoms with Crippen LogP contribution in [0.3, 0.4) is 0 Å². The van der Waals surface area contributed by atoms with Gasteiger partial charge in [0.25, 0.3) is 5.69 Å². The Morgan fingerprint density at radius 1 is 1.35 bits per heavy atom. The fraction of sp³-hybridized carbons (Fsp3) is 0.357. The minimum atomic E-state index is -0.471. The highest BCUT2D eigenvalue weighted by Crippen LogP contribution is 2.19. The number of piperidine rings is 1. The molecule has 0 bridgehead atoms. The highest BCUT2D eigenvalue weighted by atomic mass is 16.6. The van der Waals surface area contributed by atoms with E-state index in [1.165, 1.54) is 18.2 Å². The second-order valence-corrected chi connectivity index (χ2v) is 4.71. The first kappa shape index (κ1) is 14.2. The third-order valence-electron chi connectivity index (χ3n) is 3.32. The van der Waals surface area contributed by atoms with Crippen molar-refractivity contribution in [3.8, 4) is 0 Å². The van der Waals surface area contributed by atoms with Crippen molar-refractivity contribution in [2.75, 3.05) is 13.1 Å². The van der Waals surface area contributed by atoms with E-state index in [0.29, 0.717) is 31.5 Å². The van der Waals surface area contributed by atoms with Gasteiger partial charge in [0.2, 0.25) is 5.91 Å². The van der Waals surface area contributed by atoms with Crippen LogP contribution in [0.4, 0.5) is 5.69 Å². The number of carbonyl (C=O) groups is 1. The number of likely N-dealkylation sites (tertiary alicyclic amines) is 1. The molecular weight excluding hydrogens is 260 g/mol. The topological polar surface area (TPSA) is 83.7 Å². The molecule has 1 heterocycles. The summed E-state index contributed by atoms with van der Waals surface area (Å²) in [7, 11) is 0. The molecule has 6 heteroatoms. The van der Waals surface area contributed by atoms with Gasteiger partial charge >= 0.3 is 0 Å². The molecule has 0 atom stereocenters. The Hall–Kier alpha value is -2.21. The van der Waals surface area contributed by atoms with Crippen molar-refractivity contribution in [3.05, 3.63) is 46.0 Å². The molecule has 0 saturated carbocycles. The Balaban J connectivity index is 2.06. The van der Waals surface area contributed by atoms with Crippen molar-refractivity contribution < 1.29 is 14.8 Å². The molecule has 106 valence electrons. The van der Waals surface area contributed by atoms with Crippen molar-refractivity contribution in [1.82, 2.24) is 4.90 Å². The molecule has 0 unspecified atom stereocenters. The number of nitro benzene ring substituents is 1. The molecule has 20 heavy (non-hydrogen) atoms. The second kappa shape index (κ2) is 6.29. The number of nitrogens with zero attached hydrogens (tertiary/aromatic N) is 2. The number of benzene rings is 1. The van der Waals surface area contributed by atoms with Gasteiger partial charge < -0.3 is 10.0 Å². The summed E-state index contributed by atoms with van der Waals surface area (Å²) in [5.74, 6) is -0.185. The summed E-state index contributed by atoms with van der Waals surface area (Å²) in [5.41, 5.74) is 0.383. The lowest BCUT2D eigenvalue weighted by molar-refractivity contribution is -0.385. The number of hydrogen-bond acceptors (Lipinski definition) is 4. The number of rotatable bonds is 3. The molecule has 0 aliphatic carbocycles. The van der Waals surface area contributed by atoms with Gasteiger partial charge in [0.05, 0.1) is 16.6 Å². The zero-order valence-corrected chi connectivity index (χ0v) is 10.9. The molecule has 2 rings (SSSR count). The molecule has 1 amide bonds. The molecule has 0 radical (unpaired) electrons. The lowest BCUT2D eigenvalue weighted by Crippen LogP contribution is -2.39. The van der Waals surface area contributed by atoms with Crippen LogP contribution in [0.1, 0.15) is 18.4 Å². The zero-order valence-electron chi connectivity index (χ0n) is 10.9. The Bertz CT molecular complexity index is 534. The van der Waals surface area contributed by atoms with Gasteiger partial charge in [0, 0.05) is 25.2 Å². The zero-order chi connectivity index (χ0) is 14.5. The summed E-state index contributed by atoms with van der Waals surface area (Å²) in [5, 5.41) is 20.2. The minimum absolute atomic E-state index is 0.0226. The van der Waals surface area contributed by atoms with Gasteiger partial charge in [-0.2, -0.15) is 0 Å². The number of para-hydroxylation sites is 1. The van der Waals surface area contributed by atoms with Crippen LogP contribution >= 0.6 is 0 Å². The molecule has 6 nitrogen and oxygen atoms in total. The van der Waals surface area contributed by atoms with Gasteiger partial charge in [0.1, 0.15) is 0 Å². The predicted octanol–water partition coefficient (Wildman–Crippen LogP) is 1.59. The quantitative estimate of drug-likeness (QED) is 0.516. The van der Waals surface area contributed by atoms with Crippen molar-refractivity contribution in [3.63, 3.8) is 0 Å². The minimum Gasteiger partial charge on any atom is -0.393 e. The van der Waals surface area contributed by atoms with Crippen LogP contribution in [0.5, 0.6) is 0 Å². The largest absolute Gasteiger partial charge is 0.393 e. The number of aliphatic hydroxyl groups excluding tert-OH is 1. The van der Waals surface area contributed by atoms with E-state index in [9.17, 15) is 20.0 Å². The summed E-state index contributed by atoms with van der Waals surface area (Å²) in [6, 6.07) is 6.28. The standard InChI is InChI=1S/C14H16N2O4/c17-12-7-9-15(10-8-12)14(18)6-5-11-3-1-2-4-13(11)16(19)20/h1-6,12,17H,7-10H2/b6-5+. The third kappa shape index (κ3) is 3.42. The van der Waals surface area contributed by atoms with Crippen LogP contribution in [0.2, 0.25) is 0 Å². The van der Waals surface area contributed by atoms with Gasteiger partial charge in [-0.15, -0.1) is 0 Å². The van der Waals surface area contributed by atoms with Gasteiger partial charge in [0.15, 0.2) is 0 Å². The maximum absolute atomic E-state index is 11.9. The summed E-state index contributed by atoms with van der Waals surface area (Å²) in [6.45, 7) is 1.03. The van der Waals surface area contributed by atoms with E-state index in [2.05, 4.69) is 0 Å². The highest BCUT2D eigenvalue weighted by molar-refractivity contribution is 5.92. The maximum atomic E-state index is 11.9. The van der Waals surface area contributed by atoms with Gasteiger partial charge in [-0.3, -0.25) is 14.9 Å². The summed E-state index contributed by atoms with van der Waals surface area (Å²) in [4.78, 5) is 24.0. The molecule has 1 fully saturated rings. The van der Waals surface area contributed by atoms with Crippen LogP contribution in [0, 0.1) is 10.1 Å². The lowest BCUT2D eigenvalue weighted by atomic mass is 10.1. The van der Waals surface area contributed by atoms with E-state index < -0.39 is 4.92 Å². The summed E-state index contributed by atoms with van der Waals surface area (Å²) >= 11 is 0. The van der Waals surface area contributed by atoms with Crippen molar-refractivity contribution in [2.45, 2.75) is 18.9 Å². The first-order valence-corrected chi connectivity index (χ1v) is 6.46. The smallest absolute Gasteiger partial charge is 0.276 e. The van der Waals surface area contributed by atoms with E-state index in [1.807, 2.05) is 0 Å². The number of carbonyl (C=O) groups excluding carboxylic acids is 1. The molecule has 0 spiro atoms. The van der Waals surface area contributed by atoms with E-state index in [1.54, 1.807) is 23.1 Å². The molecular formula is C14H16N2O4. The van der Waals surface area contributed by atoms with E-state index in [4.69, 9.17) is 0 Å². The molecule has 1 aromatic rings. The monoisotopic (exact) mass is 276 g/mol. The first-order chi connectivity index (χ1) is 9.58. The lowest BCUT2D eigenvalue weighted by Gasteiger charge is -2.28. The molecule has 1 aliphatic rings. The van der Waals surface area contributed by atoms with Crippen molar-refractivity contribution in [1.29, 1.82) is 0 Å². The van der Waals surface area contributed by atoms with Crippen LogP contribution in [0.25, 0.3) is 6.08 Å². The fourth-order valence-corrected chi connectivity index (χ4v) is 2.15. The SMILES string of the molecule is O=C(/C=C/c1ccccc1[N+](=O)[O-])N1CCC(O)CC1. The van der Waals surface area contributed by atoms with Crippen LogP contribution in [0.15, 0.2) is 30.3 Å². The fourth-order valence-electron chi connectivity index (χ4n) is 2.15. The molecule has 0 aromatic heterocycles. The summed E-state index contributed by atoms with van der Waals surface area (Å²) in [6.07, 6.45) is 3.63. The predicted molar refractivity (Wildman–Crippen MR) is 74.0 cm³/mol. The number of amides is 1. The van der Waals surface area contributed by atoms with Crippen molar-refractivity contribution in [2.24, 2.45) is 0 Å². The average Bonchev–Trinajstić information content (AvgIpc) is 2.45. The highest BCUT2D eigenvalue weighted by Gasteiger charge is 2.19. The van der Waals surface area contributed by atoms with Gasteiger partial charge in [-0.05, 0) is 25.0 Å². The summed E-state index contributed by atoms with van der Waals surface area (Å²) < 4.78 is 0. The van der Waals surface area contributed by atoms with Crippen LogP contribution < -0.4 is 0 Å². The number of hydrogen-bond donors (Lipinski definition) is 1. The normalized spacial score (nSPS) is 16.6.